The quantitative estimate of drug-likeness (QED) is 0.760. The predicted molar refractivity (Wildman–Crippen MR) is 65.7 cm³/mol. The van der Waals surface area contributed by atoms with Crippen molar-refractivity contribution in [3.05, 3.63) is 22.2 Å². The molecule has 0 radical (unpaired) electrons. The van der Waals surface area contributed by atoms with Crippen molar-refractivity contribution in [1.29, 1.82) is 0 Å². The van der Waals surface area contributed by atoms with Crippen molar-refractivity contribution in [3.8, 4) is 0 Å². The molecular weight excluding hydrogens is 224 g/mol. The molecule has 0 aliphatic heterocycles. The summed E-state index contributed by atoms with van der Waals surface area (Å²) < 4.78 is 5.41. The molecule has 90 valence electrons. The van der Waals surface area contributed by atoms with Crippen LogP contribution in [0, 0.1) is 12.8 Å². The first-order chi connectivity index (χ1) is 7.51. The lowest BCUT2D eigenvalue weighted by atomic mass is 10.1. The van der Waals surface area contributed by atoms with Gasteiger partial charge in [-0.05, 0) is 19.3 Å². The number of rotatable bonds is 4. The number of hydrogen-bond donors (Lipinski definition) is 0. The SMILES string of the molecule is CCc1nc(C(OC)C(C)C)nc(Cl)c1C. The van der Waals surface area contributed by atoms with Gasteiger partial charge < -0.3 is 4.74 Å². The zero-order valence-electron chi connectivity index (χ0n) is 10.5. The second-order valence-electron chi connectivity index (χ2n) is 4.20. The molecule has 0 saturated carbocycles. The molecule has 1 atom stereocenters. The number of hydrogen-bond acceptors (Lipinski definition) is 3. The van der Waals surface area contributed by atoms with Gasteiger partial charge in [0.1, 0.15) is 11.3 Å². The van der Waals surface area contributed by atoms with E-state index in [1.54, 1.807) is 7.11 Å². The largest absolute Gasteiger partial charge is 0.373 e. The van der Waals surface area contributed by atoms with Crippen LogP contribution in [0.1, 0.15) is 44.0 Å². The molecule has 0 saturated heterocycles. The fourth-order valence-corrected chi connectivity index (χ4v) is 1.89. The molecule has 0 aromatic carbocycles. The van der Waals surface area contributed by atoms with Crippen LogP contribution in [0.25, 0.3) is 0 Å². The zero-order chi connectivity index (χ0) is 12.3. The lowest BCUT2D eigenvalue weighted by Crippen LogP contribution is -2.14. The summed E-state index contributed by atoms with van der Waals surface area (Å²) in [6.45, 7) is 8.17. The van der Waals surface area contributed by atoms with Crippen molar-refractivity contribution >= 4 is 11.6 Å². The average Bonchev–Trinajstić information content (AvgIpc) is 2.23. The van der Waals surface area contributed by atoms with Crippen LogP contribution in [-0.2, 0) is 11.2 Å². The van der Waals surface area contributed by atoms with Gasteiger partial charge in [0.25, 0.3) is 0 Å². The molecule has 0 fully saturated rings. The maximum absolute atomic E-state index is 6.10. The molecular formula is C12H19ClN2O. The van der Waals surface area contributed by atoms with Crippen LogP contribution < -0.4 is 0 Å². The van der Waals surface area contributed by atoms with Crippen molar-refractivity contribution in [2.45, 2.75) is 40.2 Å². The third-order valence-corrected chi connectivity index (χ3v) is 3.02. The first kappa shape index (κ1) is 13.4. The molecule has 3 nitrogen and oxygen atoms in total. The van der Waals surface area contributed by atoms with Crippen molar-refractivity contribution in [2.75, 3.05) is 7.11 Å². The topological polar surface area (TPSA) is 35.0 Å². The Kier molecular flexibility index (Phi) is 4.69. The number of aryl methyl sites for hydroxylation is 1. The summed E-state index contributed by atoms with van der Waals surface area (Å²) in [5, 5.41) is 0.532. The smallest absolute Gasteiger partial charge is 0.159 e. The Morgan fingerprint density at radius 3 is 2.38 bits per heavy atom. The molecule has 0 bridgehead atoms. The van der Waals surface area contributed by atoms with E-state index in [1.807, 2.05) is 6.92 Å². The highest BCUT2D eigenvalue weighted by atomic mass is 35.5. The molecule has 0 aliphatic carbocycles. The van der Waals surface area contributed by atoms with Gasteiger partial charge in [-0.3, -0.25) is 0 Å². The van der Waals surface area contributed by atoms with Gasteiger partial charge in [-0.25, -0.2) is 9.97 Å². The average molecular weight is 243 g/mol. The van der Waals surface area contributed by atoms with Crippen molar-refractivity contribution < 1.29 is 4.74 Å². The molecule has 4 heteroatoms. The van der Waals surface area contributed by atoms with Crippen LogP contribution in [0.5, 0.6) is 0 Å². The fourth-order valence-electron chi connectivity index (χ4n) is 1.70. The Balaban J connectivity index is 3.19. The molecule has 0 spiro atoms. The third kappa shape index (κ3) is 2.71. The summed E-state index contributed by atoms with van der Waals surface area (Å²) in [7, 11) is 1.67. The normalized spacial score (nSPS) is 13.2. The lowest BCUT2D eigenvalue weighted by molar-refractivity contribution is 0.0572. The van der Waals surface area contributed by atoms with Crippen LogP contribution in [-0.4, -0.2) is 17.1 Å². The maximum atomic E-state index is 6.10. The van der Waals surface area contributed by atoms with Crippen LogP contribution >= 0.6 is 11.6 Å². The number of methoxy groups -OCH3 is 1. The molecule has 1 aromatic rings. The fraction of sp³-hybridized carbons (Fsp3) is 0.667. The predicted octanol–water partition coefficient (Wildman–Crippen LogP) is 3.34. The molecule has 0 N–H and O–H groups in total. The summed E-state index contributed by atoms with van der Waals surface area (Å²) in [6, 6.07) is 0. The summed E-state index contributed by atoms with van der Waals surface area (Å²) in [5.41, 5.74) is 1.96. The molecule has 1 aromatic heterocycles. The minimum atomic E-state index is -0.0941. The van der Waals surface area contributed by atoms with Crippen molar-refractivity contribution in [2.24, 2.45) is 5.92 Å². The Morgan fingerprint density at radius 2 is 1.94 bits per heavy atom. The van der Waals surface area contributed by atoms with Gasteiger partial charge >= 0.3 is 0 Å². The van der Waals surface area contributed by atoms with E-state index in [0.717, 1.165) is 17.7 Å². The minimum Gasteiger partial charge on any atom is -0.373 e. The summed E-state index contributed by atoms with van der Waals surface area (Å²) in [4.78, 5) is 8.83. The minimum absolute atomic E-state index is 0.0941. The van der Waals surface area contributed by atoms with Crippen molar-refractivity contribution in [3.63, 3.8) is 0 Å². The van der Waals surface area contributed by atoms with Gasteiger partial charge in [0.05, 0.1) is 0 Å². The first-order valence-electron chi connectivity index (χ1n) is 5.56. The number of nitrogens with zero attached hydrogens (tertiary/aromatic N) is 2. The van der Waals surface area contributed by atoms with Gasteiger partial charge in [-0.1, -0.05) is 32.4 Å². The van der Waals surface area contributed by atoms with Crippen molar-refractivity contribution in [1.82, 2.24) is 9.97 Å². The lowest BCUT2D eigenvalue weighted by Gasteiger charge is -2.19. The highest BCUT2D eigenvalue weighted by Crippen LogP contribution is 2.25. The van der Waals surface area contributed by atoms with Crippen LogP contribution in [0.15, 0.2) is 0 Å². The van der Waals surface area contributed by atoms with Gasteiger partial charge in [0.2, 0.25) is 0 Å². The second-order valence-corrected chi connectivity index (χ2v) is 4.56. The van der Waals surface area contributed by atoms with Crippen LogP contribution in [0.2, 0.25) is 5.15 Å². The van der Waals surface area contributed by atoms with E-state index in [9.17, 15) is 0 Å². The van der Waals surface area contributed by atoms with Gasteiger partial charge in [0.15, 0.2) is 5.82 Å². The Morgan fingerprint density at radius 1 is 1.31 bits per heavy atom. The second kappa shape index (κ2) is 5.60. The van der Waals surface area contributed by atoms with E-state index in [-0.39, 0.29) is 6.10 Å². The standard InChI is InChI=1S/C12H19ClN2O/c1-6-9-8(4)11(13)15-12(14-9)10(16-5)7(2)3/h7,10H,6H2,1-5H3. The van der Waals surface area contributed by atoms with Gasteiger partial charge in [-0.2, -0.15) is 0 Å². The van der Waals surface area contributed by atoms with Gasteiger partial charge in [0, 0.05) is 18.4 Å². The van der Waals surface area contributed by atoms with E-state index in [0.29, 0.717) is 16.9 Å². The Labute approximate surface area is 102 Å². The highest BCUT2D eigenvalue weighted by molar-refractivity contribution is 6.30. The molecule has 1 unspecified atom stereocenters. The first-order valence-corrected chi connectivity index (χ1v) is 5.94. The van der Waals surface area contributed by atoms with E-state index in [2.05, 4.69) is 30.7 Å². The summed E-state index contributed by atoms with van der Waals surface area (Å²) >= 11 is 6.10. The van der Waals surface area contributed by atoms with E-state index < -0.39 is 0 Å². The van der Waals surface area contributed by atoms with E-state index >= 15 is 0 Å². The monoisotopic (exact) mass is 242 g/mol. The summed E-state index contributed by atoms with van der Waals surface area (Å²) in [6.07, 6.45) is 0.763. The molecule has 0 aliphatic rings. The molecule has 0 amide bonds. The molecule has 16 heavy (non-hydrogen) atoms. The van der Waals surface area contributed by atoms with E-state index in [1.165, 1.54) is 0 Å². The Hall–Kier alpha value is -0.670. The highest BCUT2D eigenvalue weighted by Gasteiger charge is 2.20. The maximum Gasteiger partial charge on any atom is 0.159 e. The third-order valence-electron chi connectivity index (χ3n) is 2.65. The van der Waals surface area contributed by atoms with Crippen LogP contribution in [0.4, 0.5) is 0 Å². The van der Waals surface area contributed by atoms with E-state index in [4.69, 9.17) is 16.3 Å². The Bertz CT molecular complexity index is 366. The summed E-state index contributed by atoms with van der Waals surface area (Å²) in [5.74, 6) is 1.01. The zero-order valence-corrected chi connectivity index (χ0v) is 11.3. The molecule has 1 rings (SSSR count). The van der Waals surface area contributed by atoms with Gasteiger partial charge in [-0.15, -0.1) is 0 Å². The number of aromatic nitrogens is 2. The van der Waals surface area contributed by atoms with Crippen LogP contribution in [0.3, 0.4) is 0 Å². The molecule has 1 heterocycles. The number of halogens is 1. The number of ether oxygens (including phenoxy) is 1.